The highest BCUT2D eigenvalue weighted by Crippen LogP contribution is 2.25. The number of hydrogen-bond acceptors (Lipinski definition) is 4. The monoisotopic (exact) mass is 282 g/mol. The Bertz CT molecular complexity index is 430. The van der Waals surface area contributed by atoms with Crippen molar-refractivity contribution in [2.45, 2.75) is 50.7 Å². The van der Waals surface area contributed by atoms with Crippen LogP contribution < -0.4 is 0 Å². The van der Waals surface area contributed by atoms with Gasteiger partial charge in [-0.15, -0.1) is 11.8 Å². The zero-order chi connectivity index (χ0) is 14.7. The Morgan fingerprint density at radius 2 is 1.74 bits per heavy atom. The van der Waals surface area contributed by atoms with Gasteiger partial charge in [0.2, 0.25) is 0 Å². The summed E-state index contributed by atoms with van der Waals surface area (Å²) in [6.45, 7) is 8.86. The lowest BCUT2D eigenvalue weighted by Gasteiger charge is -2.27. The Morgan fingerprint density at radius 3 is 2.21 bits per heavy atom. The molecule has 1 atom stereocenters. The van der Waals surface area contributed by atoms with Crippen molar-refractivity contribution >= 4 is 17.7 Å². The average Bonchev–Trinajstić information content (AvgIpc) is 2.26. The molecule has 0 spiro atoms. The molecule has 0 fully saturated rings. The number of benzene rings is 1. The average molecular weight is 282 g/mol. The fourth-order valence-corrected chi connectivity index (χ4v) is 2.20. The van der Waals surface area contributed by atoms with Gasteiger partial charge in [-0.3, -0.25) is 0 Å². The SMILES string of the molecule is Cc1ccc(SC[C@@](C)(O)C(=O)OC(C)(C)C)cc1. The van der Waals surface area contributed by atoms with Crippen molar-refractivity contribution in [3.05, 3.63) is 29.8 Å². The van der Waals surface area contributed by atoms with Crippen LogP contribution in [0.25, 0.3) is 0 Å². The molecule has 1 aromatic rings. The van der Waals surface area contributed by atoms with E-state index < -0.39 is 17.2 Å². The lowest BCUT2D eigenvalue weighted by molar-refractivity contribution is -0.172. The lowest BCUT2D eigenvalue weighted by atomic mass is 10.1. The Kier molecular flexibility index (Phi) is 5.04. The summed E-state index contributed by atoms with van der Waals surface area (Å²) in [5.41, 5.74) is -0.887. The topological polar surface area (TPSA) is 46.5 Å². The van der Waals surface area contributed by atoms with E-state index >= 15 is 0 Å². The molecule has 0 saturated heterocycles. The first kappa shape index (κ1) is 16.1. The van der Waals surface area contributed by atoms with Crippen LogP contribution in [0.15, 0.2) is 29.2 Å². The van der Waals surface area contributed by atoms with Gasteiger partial charge in [-0.25, -0.2) is 4.79 Å². The van der Waals surface area contributed by atoms with Crippen LogP contribution >= 0.6 is 11.8 Å². The molecular weight excluding hydrogens is 260 g/mol. The summed E-state index contributed by atoms with van der Waals surface area (Å²) < 4.78 is 5.21. The minimum absolute atomic E-state index is 0.269. The molecule has 1 aromatic carbocycles. The van der Waals surface area contributed by atoms with E-state index in [1.165, 1.54) is 24.2 Å². The number of carbonyl (C=O) groups excluding carboxylic acids is 1. The lowest BCUT2D eigenvalue weighted by Crippen LogP contribution is -2.43. The second kappa shape index (κ2) is 5.97. The van der Waals surface area contributed by atoms with Crippen LogP contribution in [0.3, 0.4) is 0 Å². The van der Waals surface area contributed by atoms with Gasteiger partial charge >= 0.3 is 5.97 Å². The number of esters is 1. The highest BCUT2D eigenvalue weighted by atomic mass is 32.2. The van der Waals surface area contributed by atoms with E-state index in [1.54, 1.807) is 20.8 Å². The molecule has 19 heavy (non-hydrogen) atoms. The maximum atomic E-state index is 11.9. The normalized spacial score (nSPS) is 14.8. The number of carbonyl (C=O) groups is 1. The van der Waals surface area contributed by atoms with Crippen LogP contribution in [0.4, 0.5) is 0 Å². The van der Waals surface area contributed by atoms with E-state index in [2.05, 4.69) is 0 Å². The van der Waals surface area contributed by atoms with Crippen molar-refractivity contribution in [3.63, 3.8) is 0 Å². The van der Waals surface area contributed by atoms with Crippen LogP contribution in [0.5, 0.6) is 0 Å². The van der Waals surface area contributed by atoms with Crippen molar-refractivity contribution in [2.24, 2.45) is 0 Å². The third kappa shape index (κ3) is 5.66. The number of hydrogen-bond donors (Lipinski definition) is 1. The molecule has 0 radical (unpaired) electrons. The first-order valence-electron chi connectivity index (χ1n) is 6.25. The first-order chi connectivity index (χ1) is 8.60. The van der Waals surface area contributed by atoms with Crippen molar-refractivity contribution in [2.75, 3.05) is 5.75 Å². The number of aliphatic hydroxyl groups is 1. The number of aryl methyl sites for hydroxylation is 1. The number of ether oxygens (including phenoxy) is 1. The molecule has 0 aliphatic rings. The largest absolute Gasteiger partial charge is 0.458 e. The summed E-state index contributed by atoms with van der Waals surface area (Å²) in [4.78, 5) is 12.9. The molecule has 0 heterocycles. The summed E-state index contributed by atoms with van der Waals surface area (Å²) in [6.07, 6.45) is 0. The molecule has 0 bridgehead atoms. The summed E-state index contributed by atoms with van der Waals surface area (Å²) in [5.74, 6) is -0.315. The van der Waals surface area contributed by atoms with E-state index in [4.69, 9.17) is 4.74 Å². The fourth-order valence-electron chi connectivity index (χ4n) is 1.31. The van der Waals surface area contributed by atoms with E-state index in [0.29, 0.717) is 0 Å². The summed E-state index contributed by atoms with van der Waals surface area (Å²) in [6, 6.07) is 7.96. The zero-order valence-corrected chi connectivity index (χ0v) is 13.0. The molecule has 0 saturated carbocycles. The van der Waals surface area contributed by atoms with Crippen molar-refractivity contribution in [1.82, 2.24) is 0 Å². The quantitative estimate of drug-likeness (QED) is 0.680. The molecule has 0 unspecified atom stereocenters. The van der Waals surface area contributed by atoms with Gasteiger partial charge in [0.25, 0.3) is 0 Å². The van der Waals surface area contributed by atoms with E-state index in [9.17, 15) is 9.90 Å². The van der Waals surface area contributed by atoms with Crippen molar-refractivity contribution in [3.8, 4) is 0 Å². The van der Waals surface area contributed by atoms with Gasteiger partial charge in [0.05, 0.1) is 0 Å². The van der Waals surface area contributed by atoms with E-state index in [-0.39, 0.29) is 5.75 Å². The second-order valence-electron chi connectivity index (χ2n) is 5.88. The van der Waals surface area contributed by atoms with Crippen LogP contribution in [0.2, 0.25) is 0 Å². The Morgan fingerprint density at radius 1 is 1.21 bits per heavy atom. The predicted octanol–water partition coefficient (Wildman–Crippen LogP) is 3.18. The number of thioether (sulfide) groups is 1. The second-order valence-corrected chi connectivity index (χ2v) is 6.93. The maximum absolute atomic E-state index is 11.9. The van der Waals surface area contributed by atoms with Crippen LogP contribution in [-0.2, 0) is 9.53 Å². The van der Waals surface area contributed by atoms with Crippen LogP contribution in [0, 0.1) is 6.92 Å². The fraction of sp³-hybridized carbons (Fsp3) is 0.533. The Balaban J connectivity index is 2.59. The van der Waals surface area contributed by atoms with Gasteiger partial charge in [0.1, 0.15) is 5.60 Å². The van der Waals surface area contributed by atoms with E-state index in [0.717, 1.165) is 4.90 Å². The Hall–Kier alpha value is -1.00. The van der Waals surface area contributed by atoms with Gasteiger partial charge < -0.3 is 9.84 Å². The standard InChI is InChI=1S/C15H22O3S/c1-11-6-8-12(9-7-11)19-10-15(5,17)13(16)18-14(2,3)4/h6-9,17H,10H2,1-5H3/t15-/m1/s1. The van der Waals surface area contributed by atoms with Gasteiger partial charge in [-0.05, 0) is 46.8 Å². The predicted molar refractivity (Wildman–Crippen MR) is 78.4 cm³/mol. The summed E-state index contributed by atoms with van der Waals surface area (Å²) in [7, 11) is 0. The van der Waals surface area contributed by atoms with E-state index in [1.807, 2.05) is 31.2 Å². The minimum Gasteiger partial charge on any atom is -0.458 e. The van der Waals surface area contributed by atoms with Crippen LogP contribution in [0.1, 0.15) is 33.3 Å². The molecule has 4 heteroatoms. The molecule has 1 N–H and O–H groups in total. The third-order valence-electron chi connectivity index (χ3n) is 2.38. The van der Waals surface area contributed by atoms with Gasteiger partial charge in [0, 0.05) is 10.6 Å². The van der Waals surface area contributed by atoms with Crippen molar-refractivity contribution in [1.29, 1.82) is 0 Å². The molecule has 3 nitrogen and oxygen atoms in total. The Labute approximate surface area is 119 Å². The molecule has 0 aromatic heterocycles. The highest BCUT2D eigenvalue weighted by molar-refractivity contribution is 7.99. The van der Waals surface area contributed by atoms with Gasteiger partial charge in [0.15, 0.2) is 5.60 Å². The highest BCUT2D eigenvalue weighted by Gasteiger charge is 2.34. The maximum Gasteiger partial charge on any atom is 0.339 e. The summed E-state index contributed by atoms with van der Waals surface area (Å²) in [5, 5.41) is 10.2. The zero-order valence-electron chi connectivity index (χ0n) is 12.2. The molecule has 0 amide bonds. The first-order valence-corrected chi connectivity index (χ1v) is 7.24. The van der Waals surface area contributed by atoms with Crippen molar-refractivity contribution < 1.29 is 14.6 Å². The third-order valence-corrected chi connectivity index (χ3v) is 3.69. The summed E-state index contributed by atoms with van der Waals surface area (Å²) >= 11 is 1.44. The molecular formula is C15H22O3S. The minimum atomic E-state index is -1.48. The molecule has 106 valence electrons. The molecule has 0 aliphatic carbocycles. The smallest absolute Gasteiger partial charge is 0.339 e. The van der Waals surface area contributed by atoms with Gasteiger partial charge in [-0.2, -0.15) is 0 Å². The number of rotatable bonds is 4. The molecule has 0 aliphatic heterocycles. The van der Waals surface area contributed by atoms with Gasteiger partial charge in [-0.1, -0.05) is 17.7 Å². The van der Waals surface area contributed by atoms with Crippen LogP contribution in [-0.4, -0.2) is 28.0 Å². The molecule has 1 rings (SSSR count).